The van der Waals surface area contributed by atoms with Gasteiger partial charge in [-0.05, 0) is 31.4 Å². The molecule has 1 nitrogen and oxygen atoms in total. The molecule has 0 spiro atoms. The first-order chi connectivity index (χ1) is 7.00. The number of hydrogen-bond acceptors (Lipinski definition) is 1. The van der Waals surface area contributed by atoms with E-state index in [2.05, 4.69) is 13.8 Å². The second-order valence-electron chi connectivity index (χ2n) is 4.36. The van der Waals surface area contributed by atoms with Gasteiger partial charge in [0.1, 0.15) is 0 Å². The Labute approximate surface area is 91.8 Å². The Kier molecular flexibility index (Phi) is 3.84. The van der Waals surface area contributed by atoms with E-state index < -0.39 is 0 Å². The number of ketones is 1. The highest BCUT2D eigenvalue weighted by atomic mass is 16.1. The Balaban J connectivity index is 2.90. The number of benzene rings is 1. The van der Waals surface area contributed by atoms with Crippen LogP contribution in [0.1, 0.15) is 49.5 Å². The van der Waals surface area contributed by atoms with Crippen molar-refractivity contribution in [3.8, 4) is 0 Å². The molecule has 0 aliphatic rings. The molecule has 0 aliphatic carbocycles. The molecule has 0 aromatic heterocycles. The van der Waals surface area contributed by atoms with Gasteiger partial charge in [0, 0.05) is 5.56 Å². The second kappa shape index (κ2) is 4.92. The van der Waals surface area contributed by atoms with Crippen LogP contribution in [0.3, 0.4) is 0 Å². The van der Waals surface area contributed by atoms with Gasteiger partial charge in [-0.2, -0.15) is 0 Å². The average molecular weight is 202 g/mol. The summed E-state index contributed by atoms with van der Waals surface area (Å²) in [7, 11) is 0. The van der Waals surface area contributed by atoms with Crippen LogP contribution in [0.4, 0.5) is 0 Å². The van der Waals surface area contributed by atoms with Crippen molar-refractivity contribution in [2.75, 3.05) is 0 Å². The van der Waals surface area contributed by atoms with Crippen LogP contribution < -0.4 is 0 Å². The molecule has 15 heavy (non-hydrogen) atoms. The molecule has 80 valence electrons. The van der Waals surface area contributed by atoms with Crippen LogP contribution in [0.5, 0.6) is 0 Å². The summed E-state index contributed by atoms with van der Waals surface area (Å²) in [6.45, 7) is 8.15. The van der Waals surface area contributed by atoms with Crippen molar-refractivity contribution >= 4 is 5.78 Å². The molecule has 0 heterocycles. The Hall–Kier alpha value is -1.37. The van der Waals surface area contributed by atoms with Gasteiger partial charge in [-0.15, -0.1) is 0 Å². The fourth-order valence-electron chi connectivity index (χ4n) is 1.38. The maximum absolute atomic E-state index is 11.7. The lowest BCUT2D eigenvalue weighted by molar-refractivity contribution is 0.104. The van der Waals surface area contributed by atoms with Crippen LogP contribution >= 0.6 is 0 Å². The van der Waals surface area contributed by atoms with Crippen LogP contribution in [0.25, 0.3) is 0 Å². The smallest absolute Gasteiger partial charge is 0.185 e. The topological polar surface area (TPSA) is 17.1 Å². The van der Waals surface area contributed by atoms with Crippen LogP contribution in [0.15, 0.2) is 35.9 Å². The Morgan fingerprint density at radius 2 is 1.67 bits per heavy atom. The molecule has 1 aromatic rings. The quantitative estimate of drug-likeness (QED) is 0.535. The maximum Gasteiger partial charge on any atom is 0.185 e. The molecule has 0 atom stereocenters. The maximum atomic E-state index is 11.7. The first-order valence-corrected chi connectivity index (χ1v) is 5.30. The van der Waals surface area contributed by atoms with E-state index in [0.29, 0.717) is 5.92 Å². The van der Waals surface area contributed by atoms with E-state index in [1.54, 1.807) is 6.08 Å². The van der Waals surface area contributed by atoms with Crippen molar-refractivity contribution in [3.63, 3.8) is 0 Å². The molecular weight excluding hydrogens is 184 g/mol. The zero-order chi connectivity index (χ0) is 11.4. The fourth-order valence-corrected chi connectivity index (χ4v) is 1.38. The van der Waals surface area contributed by atoms with E-state index in [4.69, 9.17) is 0 Å². The number of allylic oxidation sites excluding steroid dienone is 2. The third-order valence-electron chi connectivity index (χ3n) is 2.28. The van der Waals surface area contributed by atoms with Crippen LogP contribution in [-0.2, 0) is 0 Å². The first kappa shape index (κ1) is 11.7. The van der Waals surface area contributed by atoms with E-state index in [0.717, 1.165) is 11.1 Å². The molecule has 0 N–H and O–H groups in total. The highest BCUT2D eigenvalue weighted by Gasteiger charge is 2.03. The lowest BCUT2D eigenvalue weighted by Crippen LogP contribution is -1.96. The van der Waals surface area contributed by atoms with Crippen LogP contribution in [0, 0.1) is 0 Å². The van der Waals surface area contributed by atoms with Crippen LogP contribution in [-0.4, -0.2) is 5.78 Å². The van der Waals surface area contributed by atoms with Gasteiger partial charge in [0.25, 0.3) is 0 Å². The molecule has 0 unspecified atom stereocenters. The van der Waals surface area contributed by atoms with Crippen molar-refractivity contribution in [2.24, 2.45) is 0 Å². The normalized spacial score (nSPS) is 10.2. The molecule has 0 amide bonds. The summed E-state index contributed by atoms with van der Waals surface area (Å²) in [6, 6.07) is 7.85. The molecule has 1 aromatic carbocycles. The van der Waals surface area contributed by atoms with E-state index in [-0.39, 0.29) is 5.78 Å². The van der Waals surface area contributed by atoms with Gasteiger partial charge in [-0.1, -0.05) is 43.7 Å². The fraction of sp³-hybridized carbons (Fsp3) is 0.357. The Morgan fingerprint density at radius 3 is 2.07 bits per heavy atom. The van der Waals surface area contributed by atoms with E-state index in [1.165, 1.54) is 5.56 Å². The standard InChI is InChI=1S/C14H18O/c1-10(2)9-14(15)13-7-5-12(6-8-13)11(3)4/h5-9,11H,1-4H3. The summed E-state index contributed by atoms with van der Waals surface area (Å²) < 4.78 is 0. The highest BCUT2D eigenvalue weighted by molar-refractivity contribution is 6.04. The number of carbonyl (C=O) groups is 1. The van der Waals surface area contributed by atoms with Gasteiger partial charge in [-0.25, -0.2) is 0 Å². The minimum Gasteiger partial charge on any atom is -0.289 e. The largest absolute Gasteiger partial charge is 0.289 e. The molecule has 0 radical (unpaired) electrons. The first-order valence-electron chi connectivity index (χ1n) is 5.30. The third-order valence-corrected chi connectivity index (χ3v) is 2.28. The average Bonchev–Trinajstić information content (AvgIpc) is 2.17. The summed E-state index contributed by atoms with van der Waals surface area (Å²) in [5.74, 6) is 0.600. The van der Waals surface area contributed by atoms with Gasteiger partial charge in [0.15, 0.2) is 5.78 Å². The van der Waals surface area contributed by atoms with Gasteiger partial charge in [0.2, 0.25) is 0 Å². The monoisotopic (exact) mass is 202 g/mol. The van der Waals surface area contributed by atoms with Crippen molar-refractivity contribution in [1.29, 1.82) is 0 Å². The zero-order valence-corrected chi connectivity index (χ0v) is 9.87. The van der Waals surface area contributed by atoms with Gasteiger partial charge in [0.05, 0.1) is 0 Å². The summed E-state index contributed by atoms with van der Waals surface area (Å²) in [5.41, 5.74) is 3.07. The SMILES string of the molecule is CC(C)=CC(=O)c1ccc(C(C)C)cc1. The number of carbonyl (C=O) groups excluding carboxylic acids is 1. The Bertz CT molecular complexity index is 365. The predicted octanol–water partition coefficient (Wildman–Crippen LogP) is 3.96. The summed E-state index contributed by atoms with van der Waals surface area (Å²) >= 11 is 0. The van der Waals surface area contributed by atoms with Gasteiger partial charge < -0.3 is 0 Å². The van der Waals surface area contributed by atoms with Gasteiger partial charge >= 0.3 is 0 Å². The third kappa shape index (κ3) is 3.35. The van der Waals surface area contributed by atoms with Crippen molar-refractivity contribution in [1.82, 2.24) is 0 Å². The minimum atomic E-state index is 0.0882. The molecule has 0 saturated heterocycles. The second-order valence-corrected chi connectivity index (χ2v) is 4.36. The molecule has 0 saturated carbocycles. The molecule has 0 fully saturated rings. The van der Waals surface area contributed by atoms with E-state index in [1.807, 2.05) is 38.1 Å². The van der Waals surface area contributed by atoms with Crippen molar-refractivity contribution in [2.45, 2.75) is 33.6 Å². The zero-order valence-electron chi connectivity index (χ0n) is 9.87. The molecule has 1 heteroatoms. The number of hydrogen-bond donors (Lipinski definition) is 0. The van der Waals surface area contributed by atoms with E-state index >= 15 is 0 Å². The van der Waals surface area contributed by atoms with E-state index in [9.17, 15) is 4.79 Å². The molecule has 1 rings (SSSR count). The van der Waals surface area contributed by atoms with Gasteiger partial charge in [-0.3, -0.25) is 4.79 Å². The van der Waals surface area contributed by atoms with Crippen molar-refractivity contribution < 1.29 is 4.79 Å². The minimum absolute atomic E-state index is 0.0882. The summed E-state index contributed by atoms with van der Waals surface area (Å²) in [4.78, 5) is 11.7. The molecule has 0 aliphatic heterocycles. The summed E-state index contributed by atoms with van der Waals surface area (Å²) in [5, 5.41) is 0. The molecular formula is C14H18O. The Morgan fingerprint density at radius 1 is 1.13 bits per heavy atom. The number of rotatable bonds is 3. The van der Waals surface area contributed by atoms with Crippen LogP contribution in [0.2, 0.25) is 0 Å². The highest BCUT2D eigenvalue weighted by Crippen LogP contribution is 2.15. The lowest BCUT2D eigenvalue weighted by Gasteiger charge is -2.05. The predicted molar refractivity (Wildman–Crippen MR) is 64.3 cm³/mol. The molecule has 0 bridgehead atoms. The summed E-state index contributed by atoms with van der Waals surface area (Å²) in [6.07, 6.45) is 1.67. The van der Waals surface area contributed by atoms with Crippen molar-refractivity contribution in [3.05, 3.63) is 47.0 Å². The lowest BCUT2D eigenvalue weighted by atomic mass is 10.00.